The summed E-state index contributed by atoms with van der Waals surface area (Å²) in [5, 5.41) is 0. The lowest BCUT2D eigenvalue weighted by molar-refractivity contribution is -0.156. The van der Waals surface area contributed by atoms with Crippen molar-refractivity contribution in [3.8, 4) is 0 Å². The molecule has 0 amide bonds. The predicted molar refractivity (Wildman–Crippen MR) is 43.9 cm³/mol. The van der Waals surface area contributed by atoms with E-state index in [1.165, 1.54) is 7.11 Å². The average Bonchev–Trinajstić information content (AvgIpc) is 1.95. The zero-order valence-corrected chi connectivity index (χ0v) is 7.73. The molecule has 0 radical (unpaired) electrons. The Balaban J connectivity index is 2.62. The Kier molecular flexibility index (Phi) is 2.85. The number of hydrogen-bond donors (Lipinski definition) is 1. The molecule has 5 heteroatoms. The van der Waals surface area contributed by atoms with Crippen LogP contribution < -0.4 is 0 Å². The fourth-order valence-electron chi connectivity index (χ4n) is 1.46. The van der Waals surface area contributed by atoms with E-state index in [4.69, 9.17) is 4.55 Å². The first-order valence-corrected chi connectivity index (χ1v) is 5.04. The fourth-order valence-corrected chi connectivity index (χ4v) is 2.34. The molecule has 1 fully saturated rings. The molecule has 4 nitrogen and oxygen atoms in total. The quantitative estimate of drug-likeness (QED) is 0.524. The lowest BCUT2D eigenvalue weighted by Crippen LogP contribution is -2.43. The van der Waals surface area contributed by atoms with Crippen LogP contribution in [0.1, 0.15) is 19.3 Å². The van der Waals surface area contributed by atoms with E-state index in [-0.39, 0.29) is 11.7 Å². The first kappa shape index (κ1) is 9.67. The van der Waals surface area contributed by atoms with Gasteiger partial charge in [-0.3, -0.25) is 4.79 Å². The number of esters is 1. The van der Waals surface area contributed by atoms with Crippen molar-refractivity contribution in [2.24, 2.45) is 5.41 Å². The third-order valence-electron chi connectivity index (χ3n) is 2.33. The van der Waals surface area contributed by atoms with Gasteiger partial charge in [0.1, 0.15) is 0 Å². The van der Waals surface area contributed by atoms with E-state index in [2.05, 4.69) is 4.74 Å². The Hall–Kier alpha value is -0.420. The summed E-state index contributed by atoms with van der Waals surface area (Å²) in [4.78, 5) is 11.2. The van der Waals surface area contributed by atoms with Gasteiger partial charge in [0, 0.05) is 0 Å². The van der Waals surface area contributed by atoms with Gasteiger partial charge in [-0.1, -0.05) is 6.42 Å². The highest BCUT2D eigenvalue weighted by Gasteiger charge is 2.46. The summed E-state index contributed by atoms with van der Waals surface area (Å²) in [7, 11) is 1.31. The van der Waals surface area contributed by atoms with E-state index in [1.807, 2.05) is 0 Å². The molecule has 12 heavy (non-hydrogen) atoms. The lowest BCUT2D eigenvalue weighted by atomic mass is 9.70. The molecule has 1 rings (SSSR count). The zero-order chi connectivity index (χ0) is 9.19. The van der Waals surface area contributed by atoms with Crippen LogP contribution in [0.2, 0.25) is 0 Å². The van der Waals surface area contributed by atoms with Crippen molar-refractivity contribution in [2.75, 3.05) is 12.9 Å². The van der Waals surface area contributed by atoms with Crippen LogP contribution in [0.4, 0.5) is 0 Å². The number of ether oxygens (including phenoxy) is 1. The van der Waals surface area contributed by atoms with Crippen molar-refractivity contribution in [2.45, 2.75) is 19.3 Å². The topological polar surface area (TPSA) is 63.6 Å². The van der Waals surface area contributed by atoms with Crippen LogP contribution >= 0.6 is 0 Å². The Morgan fingerprint density at radius 1 is 1.67 bits per heavy atom. The molecule has 1 atom stereocenters. The van der Waals surface area contributed by atoms with Gasteiger partial charge in [0.15, 0.2) is 11.1 Å². The number of carbonyl (C=O) groups excluding carboxylic acids is 1. The third-order valence-corrected chi connectivity index (χ3v) is 3.13. The average molecular weight is 192 g/mol. The van der Waals surface area contributed by atoms with E-state index < -0.39 is 16.5 Å². The van der Waals surface area contributed by atoms with E-state index in [9.17, 15) is 9.00 Å². The van der Waals surface area contributed by atoms with Crippen LogP contribution in [0.3, 0.4) is 0 Å². The second-order valence-electron chi connectivity index (χ2n) is 3.09. The van der Waals surface area contributed by atoms with E-state index in [0.717, 1.165) is 6.42 Å². The molecular formula is C7H12O4S. The summed E-state index contributed by atoms with van der Waals surface area (Å²) in [6.45, 7) is 0. The molecule has 1 unspecified atom stereocenters. The largest absolute Gasteiger partial charge is 0.469 e. The minimum absolute atomic E-state index is 0.0136. The second-order valence-corrected chi connectivity index (χ2v) is 4.02. The molecular weight excluding hydrogens is 180 g/mol. The number of hydrogen-bond acceptors (Lipinski definition) is 3. The molecule has 0 aromatic rings. The Labute approximate surface area is 73.6 Å². The highest BCUT2D eigenvalue weighted by Crippen LogP contribution is 2.42. The lowest BCUT2D eigenvalue weighted by Gasteiger charge is -2.37. The molecule has 1 aliphatic carbocycles. The maximum Gasteiger partial charge on any atom is 0.312 e. The van der Waals surface area contributed by atoms with Gasteiger partial charge in [-0.05, 0) is 12.8 Å². The Bertz CT molecular complexity index is 209. The maximum absolute atomic E-state index is 11.2. The summed E-state index contributed by atoms with van der Waals surface area (Å²) in [6, 6.07) is 0. The molecule has 70 valence electrons. The molecule has 1 saturated carbocycles. The third kappa shape index (κ3) is 1.67. The maximum atomic E-state index is 11.2. The number of carbonyl (C=O) groups is 1. The van der Waals surface area contributed by atoms with Crippen molar-refractivity contribution < 1.29 is 18.3 Å². The standard InChI is InChI=1S/C7H12O4S/c1-11-6(8)7(3-2-4-7)5-12(9)10/h2-5H2,1H3,(H,9,10). The minimum atomic E-state index is -1.91. The normalized spacial score (nSPS) is 22.5. The zero-order valence-electron chi connectivity index (χ0n) is 6.91. The molecule has 1 N–H and O–H groups in total. The van der Waals surface area contributed by atoms with Gasteiger partial charge in [0.25, 0.3) is 0 Å². The molecule has 0 aromatic heterocycles. The number of rotatable bonds is 3. The van der Waals surface area contributed by atoms with E-state index in [1.54, 1.807) is 0 Å². The molecule has 0 aliphatic heterocycles. The predicted octanol–water partition coefficient (Wildman–Crippen LogP) is 0.551. The van der Waals surface area contributed by atoms with Crippen molar-refractivity contribution in [1.29, 1.82) is 0 Å². The number of methoxy groups -OCH3 is 1. The van der Waals surface area contributed by atoms with Gasteiger partial charge in [-0.25, -0.2) is 4.21 Å². The van der Waals surface area contributed by atoms with Crippen LogP contribution in [0.25, 0.3) is 0 Å². The van der Waals surface area contributed by atoms with Gasteiger partial charge in [-0.15, -0.1) is 0 Å². The molecule has 0 spiro atoms. The van der Waals surface area contributed by atoms with E-state index >= 15 is 0 Å². The molecule has 0 bridgehead atoms. The Morgan fingerprint density at radius 2 is 2.25 bits per heavy atom. The molecule has 0 aromatic carbocycles. The second kappa shape index (κ2) is 3.53. The van der Waals surface area contributed by atoms with Crippen LogP contribution in [-0.4, -0.2) is 27.6 Å². The smallest absolute Gasteiger partial charge is 0.312 e. The van der Waals surface area contributed by atoms with Gasteiger partial charge < -0.3 is 9.29 Å². The summed E-state index contributed by atoms with van der Waals surface area (Å²) in [6.07, 6.45) is 2.28. The molecule has 0 saturated heterocycles. The monoisotopic (exact) mass is 192 g/mol. The van der Waals surface area contributed by atoms with Gasteiger partial charge in [-0.2, -0.15) is 0 Å². The van der Waals surface area contributed by atoms with Gasteiger partial charge >= 0.3 is 5.97 Å². The van der Waals surface area contributed by atoms with Crippen LogP contribution in [0.15, 0.2) is 0 Å². The summed E-state index contributed by atoms with van der Waals surface area (Å²) < 4.78 is 23.8. The molecule has 1 aliphatic rings. The first-order valence-electron chi connectivity index (χ1n) is 3.77. The van der Waals surface area contributed by atoms with Crippen LogP contribution in [0.5, 0.6) is 0 Å². The highest BCUT2D eigenvalue weighted by molar-refractivity contribution is 7.79. The van der Waals surface area contributed by atoms with Crippen molar-refractivity contribution >= 4 is 17.0 Å². The van der Waals surface area contributed by atoms with Gasteiger partial charge in [0.2, 0.25) is 0 Å². The highest BCUT2D eigenvalue weighted by atomic mass is 32.2. The fraction of sp³-hybridized carbons (Fsp3) is 0.857. The summed E-state index contributed by atoms with van der Waals surface area (Å²) in [5.74, 6) is -0.337. The van der Waals surface area contributed by atoms with Gasteiger partial charge in [0.05, 0.1) is 18.3 Å². The summed E-state index contributed by atoms with van der Waals surface area (Å²) >= 11 is -1.91. The van der Waals surface area contributed by atoms with Crippen LogP contribution in [-0.2, 0) is 20.6 Å². The van der Waals surface area contributed by atoms with Crippen molar-refractivity contribution in [1.82, 2.24) is 0 Å². The SMILES string of the molecule is COC(=O)C1(CS(=O)O)CCC1. The summed E-state index contributed by atoms with van der Waals surface area (Å²) in [5.41, 5.74) is -0.658. The Morgan fingerprint density at radius 3 is 2.50 bits per heavy atom. The van der Waals surface area contributed by atoms with E-state index in [0.29, 0.717) is 12.8 Å². The van der Waals surface area contributed by atoms with Crippen molar-refractivity contribution in [3.05, 3.63) is 0 Å². The minimum Gasteiger partial charge on any atom is -0.469 e. The first-order chi connectivity index (χ1) is 5.60. The van der Waals surface area contributed by atoms with Crippen molar-refractivity contribution in [3.63, 3.8) is 0 Å². The van der Waals surface area contributed by atoms with Crippen LogP contribution in [0, 0.1) is 5.41 Å². The molecule has 0 heterocycles.